The number of rotatable bonds is 6. The SMILES string of the molecule is O=C(CC(=O)C(F)(F)F)c1ccc(C(O)C(O)CO)cc1. The third kappa shape index (κ3) is 4.62. The van der Waals surface area contributed by atoms with Crippen molar-refractivity contribution < 1.29 is 38.1 Å². The van der Waals surface area contributed by atoms with Gasteiger partial charge in [0.25, 0.3) is 0 Å². The van der Waals surface area contributed by atoms with Crippen molar-refractivity contribution in [3.05, 3.63) is 35.4 Å². The fourth-order valence-corrected chi connectivity index (χ4v) is 1.54. The Hall–Kier alpha value is -1.77. The number of hydrogen-bond acceptors (Lipinski definition) is 5. The quantitative estimate of drug-likeness (QED) is 0.533. The summed E-state index contributed by atoms with van der Waals surface area (Å²) in [6.45, 7) is -0.679. The summed E-state index contributed by atoms with van der Waals surface area (Å²) in [5.74, 6) is -3.13. The van der Waals surface area contributed by atoms with Gasteiger partial charge in [0.1, 0.15) is 12.2 Å². The summed E-state index contributed by atoms with van der Waals surface area (Å²) >= 11 is 0. The smallest absolute Gasteiger partial charge is 0.394 e. The van der Waals surface area contributed by atoms with Gasteiger partial charge in [-0.3, -0.25) is 9.59 Å². The lowest BCUT2D eigenvalue weighted by Gasteiger charge is -2.16. The second-order valence-corrected chi connectivity index (χ2v) is 4.34. The summed E-state index contributed by atoms with van der Waals surface area (Å²) in [5, 5.41) is 27.5. The predicted octanol–water partition coefficient (Wildman–Crippen LogP) is 0.777. The Morgan fingerprint density at radius 2 is 1.62 bits per heavy atom. The summed E-state index contributed by atoms with van der Waals surface area (Å²) < 4.78 is 36.1. The van der Waals surface area contributed by atoms with E-state index in [4.69, 9.17) is 5.11 Å². The van der Waals surface area contributed by atoms with Gasteiger partial charge in [-0.15, -0.1) is 0 Å². The number of carbonyl (C=O) groups is 2. The van der Waals surface area contributed by atoms with Gasteiger partial charge in [-0.25, -0.2) is 0 Å². The highest BCUT2D eigenvalue weighted by atomic mass is 19.4. The number of ketones is 2. The molecule has 21 heavy (non-hydrogen) atoms. The predicted molar refractivity (Wildman–Crippen MR) is 64.5 cm³/mol. The van der Waals surface area contributed by atoms with E-state index in [1.165, 1.54) is 12.1 Å². The van der Waals surface area contributed by atoms with Crippen molar-refractivity contribution in [2.24, 2.45) is 0 Å². The molecule has 0 aliphatic carbocycles. The Morgan fingerprint density at radius 1 is 1.10 bits per heavy atom. The minimum atomic E-state index is -5.06. The first-order valence-electron chi connectivity index (χ1n) is 5.87. The molecule has 0 amide bonds. The van der Waals surface area contributed by atoms with Crippen molar-refractivity contribution in [1.29, 1.82) is 0 Å². The highest BCUT2D eigenvalue weighted by Crippen LogP contribution is 2.21. The van der Waals surface area contributed by atoms with Gasteiger partial charge < -0.3 is 15.3 Å². The van der Waals surface area contributed by atoms with Gasteiger partial charge in [0.05, 0.1) is 13.0 Å². The van der Waals surface area contributed by atoms with Crippen LogP contribution in [0.25, 0.3) is 0 Å². The maximum absolute atomic E-state index is 12.0. The Kier molecular flexibility index (Phi) is 5.59. The van der Waals surface area contributed by atoms with Gasteiger partial charge in [-0.05, 0) is 5.56 Å². The van der Waals surface area contributed by atoms with Crippen LogP contribution in [0.3, 0.4) is 0 Å². The average molecular weight is 306 g/mol. The van der Waals surface area contributed by atoms with Gasteiger partial charge >= 0.3 is 6.18 Å². The summed E-state index contributed by atoms with van der Waals surface area (Å²) in [7, 11) is 0. The summed E-state index contributed by atoms with van der Waals surface area (Å²) in [5.41, 5.74) is 0.0530. The molecule has 0 aliphatic rings. The minimum Gasteiger partial charge on any atom is -0.394 e. The molecule has 0 fully saturated rings. The molecule has 1 rings (SSSR count). The molecule has 0 aromatic heterocycles. The molecule has 0 saturated heterocycles. The topological polar surface area (TPSA) is 94.8 Å². The minimum absolute atomic E-state index is 0.123. The summed E-state index contributed by atoms with van der Waals surface area (Å²) in [6, 6.07) is 4.70. The molecule has 0 radical (unpaired) electrons. The van der Waals surface area contributed by atoms with E-state index >= 15 is 0 Å². The average Bonchev–Trinajstić information content (AvgIpc) is 2.44. The van der Waals surface area contributed by atoms with Crippen LogP contribution in [-0.4, -0.2) is 45.8 Å². The summed E-state index contributed by atoms with van der Waals surface area (Å²) in [6.07, 6.45) is -9.16. The zero-order valence-corrected chi connectivity index (χ0v) is 10.7. The standard InChI is InChI=1S/C13H13F3O5/c14-13(15,16)11(20)5-9(18)7-1-3-8(4-2-7)12(21)10(19)6-17/h1-4,10,12,17,19,21H,5-6H2. The number of aliphatic hydroxyl groups excluding tert-OH is 3. The van der Waals surface area contributed by atoms with Crippen LogP contribution >= 0.6 is 0 Å². The lowest BCUT2D eigenvalue weighted by molar-refractivity contribution is -0.170. The van der Waals surface area contributed by atoms with E-state index < -0.39 is 43.0 Å². The molecule has 0 aliphatic heterocycles. The molecule has 1 aromatic rings. The second-order valence-electron chi connectivity index (χ2n) is 4.34. The molecule has 1 aromatic carbocycles. The first kappa shape index (κ1) is 17.3. The number of benzene rings is 1. The molecule has 2 unspecified atom stereocenters. The number of halogens is 3. The van der Waals surface area contributed by atoms with Crippen molar-refractivity contribution in [2.45, 2.75) is 24.8 Å². The van der Waals surface area contributed by atoms with Gasteiger partial charge in [0, 0.05) is 5.56 Å². The van der Waals surface area contributed by atoms with Crippen LogP contribution in [0.4, 0.5) is 13.2 Å². The first-order valence-corrected chi connectivity index (χ1v) is 5.87. The molecule has 0 bridgehead atoms. The number of carbonyl (C=O) groups excluding carboxylic acids is 2. The van der Waals surface area contributed by atoms with Gasteiger partial charge in [0.2, 0.25) is 5.78 Å². The van der Waals surface area contributed by atoms with E-state index in [0.29, 0.717) is 0 Å². The normalized spacial score (nSPS) is 14.6. The first-order chi connectivity index (χ1) is 9.66. The number of Topliss-reactive ketones (excluding diaryl/α,β-unsaturated/α-hetero) is 2. The molecule has 116 valence electrons. The summed E-state index contributed by atoms with van der Waals surface area (Å²) in [4.78, 5) is 22.2. The van der Waals surface area contributed by atoms with Crippen LogP contribution < -0.4 is 0 Å². The van der Waals surface area contributed by atoms with Crippen LogP contribution in [-0.2, 0) is 4.79 Å². The molecule has 0 saturated carbocycles. The molecular weight excluding hydrogens is 293 g/mol. The zero-order valence-electron chi connectivity index (χ0n) is 10.7. The maximum Gasteiger partial charge on any atom is 0.450 e. The third-order valence-corrected chi connectivity index (χ3v) is 2.76. The molecule has 8 heteroatoms. The Balaban J connectivity index is 2.79. The zero-order chi connectivity index (χ0) is 16.2. The van der Waals surface area contributed by atoms with E-state index in [2.05, 4.69) is 0 Å². The van der Waals surface area contributed by atoms with Crippen molar-refractivity contribution in [3.63, 3.8) is 0 Å². The molecule has 2 atom stereocenters. The molecule has 5 nitrogen and oxygen atoms in total. The number of hydrogen-bond donors (Lipinski definition) is 3. The van der Waals surface area contributed by atoms with Gasteiger partial charge in [-0.1, -0.05) is 24.3 Å². The van der Waals surface area contributed by atoms with E-state index in [0.717, 1.165) is 12.1 Å². The fourth-order valence-electron chi connectivity index (χ4n) is 1.54. The van der Waals surface area contributed by atoms with E-state index in [1.807, 2.05) is 0 Å². The Labute approximate surface area is 117 Å². The van der Waals surface area contributed by atoms with E-state index in [9.17, 15) is 33.0 Å². The van der Waals surface area contributed by atoms with Crippen molar-refractivity contribution in [1.82, 2.24) is 0 Å². The van der Waals surface area contributed by atoms with E-state index in [-0.39, 0.29) is 11.1 Å². The Bertz CT molecular complexity index is 510. The second kappa shape index (κ2) is 6.79. The van der Waals surface area contributed by atoms with Gasteiger partial charge in [0.15, 0.2) is 5.78 Å². The number of alkyl halides is 3. The molecule has 0 heterocycles. The van der Waals surface area contributed by atoms with E-state index in [1.54, 1.807) is 0 Å². The molecular formula is C13H13F3O5. The number of aliphatic hydroxyl groups is 3. The lowest BCUT2D eigenvalue weighted by Crippen LogP contribution is -2.25. The van der Waals surface area contributed by atoms with Gasteiger partial charge in [-0.2, -0.15) is 13.2 Å². The van der Waals surface area contributed by atoms with Crippen molar-refractivity contribution >= 4 is 11.6 Å². The van der Waals surface area contributed by atoms with Crippen LogP contribution in [0.1, 0.15) is 28.4 Å². The van der Waals surface area contributed by atoms with Crippen molar-refractivity contribution in [2.75, 3.05) is 6.61 Å². The van der Waals surface area contributed by atoms with Crippen LogP contribution in [0.5, 0.6) is 0 Å². The van der Waals surface area contributed by atoms with Crippen LogP contribution in [0.2, 0.25) is 0 Å². The van der Waals surface area contributed by atoms with Crippen LogP contribution in [0, 0.1) is 0 Å². The molecule has 0 spiro atoms. The van der Waals surface area contributed by atoms with Crippen LogP contribution in [0.15, 0.2) is 24.3 Å². The highest BCUT2D eigenvalue weighted by Gasteiger charge is 2.39. The molecule has 3 N–H and O–H groups in total. The Morgan fingerprint density at radius 3 is 2.05 bits per heavy atom. The highest BCUT2D eigenvalue weighted by molar-refractivity contribution is 6.09. The largest absolute Gasteiger partial charge is 0.450 e. The van der Waals surface area contributed by atoms with Crippen molar-refractivity contribution in [3.8, 4) is 0 Å². The lowest BCUT2D eigenvalue weighted by atomic mass is 10.00. The monoisotopic (exact) mass is 306 g/mol. The maximum atomic E-state index is 12.0. The third-order valence-electron chi connectivity index (χ3n) is 2.76. The fraction of sp³-hybridized carbons (Fsp3) is 0.385.